The molecule has 2 aromatic rings. The predicted octanol–water partition coefficient (Wildman–Crippen LogP) is 1.70. The maximum atomic E-state index is 12.4. The Hall–Kier alpha value is -2.08. The molecule has 2 heterocycles. The molecule has 1 aliphatic heterocycles. The van der Waals surface area contributed by atoms with Crippen molar-refractivity contribution in [1.82, 2.24) is 9.88 Å². The number of carbonyl (C=O) groups excluding carboxylic acids is 1. The number of nitrogens with zero attached hydrogens (tertiary/aromatic N) is 1. The van der Waals surface area contributed by atoms with Gasteiger partial charge in [0.2, 0.25) is 0 Å². The normalized spacial score (nSPS) is 19.6. The minimum absolute atomic E-state index is 0.0292. The summed E-state index contributed by atoms with van der Waals surface area (Å²) in [6, 6.07) is 13.6. The average Bonchev–Trinajstić information content (AvgIpc) is 3.12. The highest BCUT2D eigenvalue weighted by Crippen LogP contribution is 2.17. The Labute approximate surface area is 136 Å². The van der Waals surface area contributed by atoms with Gasteiger partial charge in [-0.3, -0.25) is 4.79 Å². The van der Waals surface area contributed by atoms with E-state index in [9.17, 15) is 13.2 Å². The molecule has 1 fully saturated rings. The van der Waals surface area contributed by atoms with Gasteiger partial charge in [0.1, 0.15) is 5.69 Å². The lowest BCUT2D eigenvalue weighted by molar-refractivity contribution is 0.0939. The van der Waals surface area contributed by atoms with E-state index in [0.717, 1.165) is 5.56 Å². The molecular weight excluding hydrogens is 312 g/mol. The number of benzene rings is 1. The van der Waals surface area contributed by atoms with E-state index in [4.69, 9.17) is 0 Å². The van der Waals surface area contributed by atoms with Crippen molar-refractivity contribution in [2.75, 3.05) is 18.1 Å². The molecule has 6 heteroatoms. The second kappa shape index (κ2) is 6.58. The number of aromatic nitrogens is 1. The molecule has 0 saturated carbocycles. The number of rotatable bonds is 5. The van der Waals surface area contributed by atoms with Crippen molar-refractivity contribution in [3.63, 3.8) is 0 Å². The van der Waals surface area contributed by atoms with Gasteiger partial charge in [0.05, 0.1) is 11.5 Å². The zero-order chi connectivity index (χ0) is 16.3. The summed E-state index contributed by atoms with van der Waals surface area (Å²) >= 11 is 0. The minimum atomic E-state index is -2.90. The largest absolute Gasteiger partial charge is 0.350 e. The Balaban J connectivity index is 1.61. The van der Waals surface area contributed by atoms with Gasteiger partial charge in [-0.05, 0) is 30.0 Å². The van der Waals surface area contributed by atoms with Gasteiger partial charge in [0.25, 0.3) is 5.91 Å². The average molecular weight is 332 g/mol. The van der Waals surface area contributed by atoms with Crippen molar-refractivity contribution in [2.24, 2.45) is 5.92 Å². The van der Waals surface area contributed by atoms with Crippen LogP contribution in [0, 0.1) is 5.92 Å². The van der Waals surface area contributed by atoms with Crippen LogP contribution in [0.1, 0.15) is 22.5 Å². The summed E-state index contributed by atoms with van der Waals surface area (Å²) in [5, 5.41) is 2.87. The van der Waals surface area contributed by atoms with Gasteiger partial charge in [0.15, 0.2) is 9.84 Å². The molecule has 1 amide bonds. The van der Waals surface area contributed by atoms with Crippen LogP contribution in [0.5, 0.6) is 0 Å². The van der Waals surface area contributed by atoms with Crippen molar-refractivity contribution in [2.45, 2.75) is 13.0 Å². The topological polar surface area (TPSA) is 68.2 Å². The maximum Gasteiger partial charge on any atom is 0.267 e. The molecule has 1 aromatic heterocycles. The van der Waals surface area contributed by atoms with Crippen LogP contribution in [0.4, 0.5) is 0 Å². The van der Waals surface area contributed by atoms with Crippen molar-refractivity contribution in [3.8, 4) is 0 Å². The molecule has 1 N–H and O–H groups in total. The van der Waals surface area contributed by atoms with Crippen LogP contribution in [-0.2, 0) is 16.4 Å². The van der Waals surface area contributed by atoms with Gasteiger partial charge in [-0.1, -0.05) is 30.3 Å². The molecule has 23 heavy (non-hydrogen) atoms. The summed E-state index contributed by atoms with van der Waals surface area (Å²) in [7, 11) is -2.90. The molecule has 0 bridgehead atoms. The first-order chi connectivity index (χ1) is 11.0. The fourth-order valence-corrected chi connectivity index (χ4v) is 4.76. The van der Waals surface area contributed by atoms with Gasteiger partial charge in [0, 0.05) is 19.3 Å². The van der Waals surface area contributed by atoms with Crippen LogP contribution in [0.3, 0.4) is 0 Å². The molecule has 1 saturated heterocycles. The van der Waals surface area contributed by atoms with Crippen LogP contribution < -0.4 is 5.32 Å². The lowest BCUT2D eigenvalue weighted by Crippen LogP contribution is -2.31. The highest BCUT2D eigenvalue weighted by atomic mass is 32.2. The molecule has 1 unspecified atom stereocenters. The Morgan fingerprint density at radius 2 is 1.96 bits per heavy atom. The lowest BCUT2D eigenvalue weighted by atomic mass is 10.1. The summed E-state index contributed by atoms with van der Waals surface area (Å²) in [5.41, 5.74) is 1.72. The van der Waals surface area contributed by atoms with Crippen LogP contribution >= 0.6 is 0 Å². The number of carbonyl (C=O) groups is 1. The van der Waals surface area contributed by atoms with Crippen LogP contribution in [0.15, 0.2) is 48.7 Å². The van der Waals surface area contributed by atoms with E-state index < -0.39 is 9.84 Å². The zero-order valence-electron chi connectivity index (χ0n) is 12.8. The number of hydrogen-bond donors (Lipinski definition) is 1. The molecule has 5 nitrogen and oxygen atoms in total. The van der Waals surface area contributed by atoms with E-state index in [1.54, 1.807) is 6.07 Å². The summed E-state index contributed by atoms with van der Waals surface area (Å²) in [6.07, 6.45) is 2.51. The standard InChI is InChI=1S/C17H20N2O3S/c20-17(18-11-15-8-10-23(21,22)13-15)16-7-4-9-19(16)12-14-5-2-1-3-6-14/h1-7,9,15H,8,10-13H2,(H,18,20). The molecule has 1 atom stereocenters. The first-order valence-corrected chi connectivity index (χ1v) is 9.53. The first-order valence-electron chi connectivity index (χ1n) is 7.71. The minimum Gasteiger partial charge on any atom is -0.350 e. The number of hydrogen-bond acceptors (Lipinski definition) is 3. The molecule has 0 aliphatic carbocycles. The number of amides is 1. The second-order valence-electron chi connectivity index (χ2n) is 5.99. The Kier molecular flexibility index (Phi) is 4.52. The fourth-order valence-electron chi connectivity index (χ4n) is 2.90. The Morgan fingerprint density at radius 1 is 1.17 bits per heavy atom. The van der Waals surface area contributed by atoms with Crippen LogP contribution in [0.2, 0.25) is 0 Å². The second-order valence-corrected chi connectivity index (χ2v) is 8.21. The maximum absolute atomic E-state index is 12.4. The molecule has 0 spiro atoms. The van der Waals surface area contributed by atoms with E-state index in [0.29, 0.717) is 25.2 Å². The van der Waals surface area contributed by atoms with E-state index >= 15 is 0 Å². The van der Waals surface area contributed by atoms with Crippen molar-refractivity contribution in [1.29, 1.82) is 0 Å². The van der Waals surface area contributed by atoms with Crippen LogP contribution in [-0.4, -0.2) is 36.9 Å². The van der Waals surface area contributed by atoms with Gasteiger partial charge in [-0.2, -0.15) is 0 Å². The van der Waals surface area contributed by atoms with E-state index in [1.165, 1.54) is 0 Å². The zero-order valence-corrected chi connectivity index (χ0v) is 13.6. The molecular formula is C17H20N2O3S. The third-order valence-electron chi connectivity index (χ3n) is 4.14. The van der Waals surface area contributed by atoms with Gasteiger partial charge < -0.3 is 9.88 Å². The third-order valence-corrected chi connectivity index (χ3v) is 5.97. The number of sulfone groups is 1. The highest BCUT2D eigenvalue weighted by molar-refractivity contribution is 7.91. The predicted molar refractivity (Wildman–Crippen MR) is 89.1 cm³/mol. The van der Waals surface area contributed by atoms with Crippen LogP contribution in [0.25, 0.3) is 0 Å². The SMILES string of the molecule is O=C(NCC1CCS(=O)(=O)C1)c1cccn1Cc1ccccc1. The van der Waals surface area contributed by atoms with Gasteiger partial charge >= 0.3 is 0 Å². The highest BCUT2D eigenvalue weighted by Gasteiger charge is 2.28. The fraction of sp³-hybridized carbons (Fsp3) is 0.353. The van der Waals surface area contributed by atoms with E-state index in [-0.39, 0.29) is 23.3 Å². The molecule has 1 aromatic carbocycles. The summed E-state index contributed by atoms with van der Waals surface area (Å²) in [4.78, 5) is 12.4. The van der Waals surface area contributed by atoms with E-state index in [1.807, 2.05) is 47.2 Å². The number of nitrogens with one attached hydrogen (secondary N) is 1. The molecule has 3 rings (SSSR count). The quantitative estimate of drug-likeness (QED) is 0.906. The molecule has 122 valence electrons. The molecule has 1 aliphatic rings. The summed E-state index contributed by atoms with van der Waals surface area (Å²) in [6.45, 7) is 1.04. The summed E-state index contributed by atoms with van der Waals surface area (Å²) in [5.74, 6) is 0.285. The monoisotopic (exact) mass is 332 g/mol. The third kappa shape index (κ3) is 4.01. The van der Waals surface area contributed by atoms with Crippen molar-refractivity contribution in [3.05, 3.63) is 59.9 Å². The van der Waals surface area contributed by atoms with E-state index in [2.05, 4.69) is 5.32 Å². The Morgan fingerprint density at radius 3 is 2.65 bits per heavy atom. The van der Waals surface area contributed by atoms with Gasteiger partial charge in [-0.15, -0.1) is 0 Å². The first kappa shape index (κ1) is 15.8. The van der Waals surface area contributed by atoms with Crippen molar-refractivity contribution >= 4 is 15.7 Å². The van der Waals surface area contributed by atoms with Crippen molar-refractivity contribution < 1.29 is 13.2 Å². The lowest BCUT2D eigenvalue weighted by Gasteiger charge is -2.12. The smallest absolute Gasteiger partial charge is 0.267 e. The van der Waals surface area contributed by atoms with Gasteiger partial charge in [-0.25, -0.2) is 8.42 Å². The Bertz CT molecular complexity index is 781. The summed E-state index contributed by atoms with van der Waals surface area (Å²) < 4.78 is 24.8. The molecule has 0 radical (unpaired) electrons.